The SMILES string of the molecule is CCNC(=NCc1noc(C)n1)NC(C)c1ccc(CC)cc1.I. The Morgan fingerprint density at radius 1 is 1.25 bits per heavy atom. The Balaban J connectivity index is 0.00000288. The van der Waals surface area contributed by atoms with Crippen LogP contribution in [0.5, 0.6) is 0 Å². The molecule has 1 aromatic heterocycles. The number of benzene rings is 1. The molecule has 1 atom stereocenters. The summed E-state index contributed by atoms with van der Waals surface area (Å²) < 4.78 is 4.96. The molecule has 132 valence electrons. The number of halogens is 1. The molecule has 7 heteroatoms. The molecular formula is C17H26IN5O. The second-order valence-electron chi connectivity index (χ2n) is 5.39. The minimum absolute atomic E-state index is 0. The minimum Gasteiger partial charge on any atom is -0.357 e. The van der Waals surface area contributed by atoms with Gasteiger partial charge in [0.15, 0.2) is 11.8 Å². The molecule has 0 saturated heterocycles. The Morgan fingerprint density at radius 3 is 2.50 bits per heavy atom. The first-order valence-corrected chi connectivity index (χ1v) is 8.05. The van der Waals surface area contributed by atoms with Gasteiger partial charge in [-0.1, -0.05) is 36.3 Å². The first-order valence-electron chi connectivity index (χ1n) is 8.05. The number of aromatic nitrogens is 2. The molecule has 0 aliphatic carbocycles. The van der Waals surface area contributed by atoms with Gasteiger partial charge in [0, 0.05) is 13.5 Å². The molecule has 1 unspecified atom stereocenters. The van der Waals surface area contributed by atoms with Gasteiger partial charge in [0.05, 0.1) is 6.04 Å². The van der Waals surface area contributed by atoms with Gasteiger partial charge in [-0.2, -0.15) is 4.98 Å². The molecule has 0 saturated carbocycles. The van der Waals surface area contributed by atoms with Crippen molar-refractivity contribution in [1.29, 1.82) is 0 Å². The predicted octanol–water partition coefficient (Wildman–Crippen LogP) is 3.37. The molecule has 0 bridgehead atoms. The lowest BCUT2D eigenvalue weighted by Crippen LogP contribution is -2.38. The second-order valence-corrected chi connectivity index (χ2v) is 5.39. The summed E-state index contributed by atoms with van der Waals surface area (Å²) in [5.41, 5.74) is 2.57. The largest absolute Gasteiger partial charge is 0.357 e. The lowest BCUT2D eigenvalue weighted by Gasteiger charge is -2.18. The van der Waals surface area contributed by atoms with Crippen LogP contribution in [-0.2, 0) is 13.0 Å². The molecule has 1 aromatic carbocycles. The van der Waals surface area contributed by atoms with Crippen molar-refractivity contribution in [2.45, 2.75) is 46.7 Å². The molecule has 24 heavy (non-hydrogen) atoms. The third-order valence-electron chi connectivity index (χ3n) is 3.53. The molecule has 0 fully saturated rings. The normalized spacial score (nSPS) is 12.4. The Hall–Kier alpha value is -1.64. The van der Waals surface area contributed by atoms with Crippen LogP contribution in [0.2, 0.25) is 0 Å². The molecule has 0 aliphatic rings. The number of aryl methyl sites for hydroxylation is 2. The fraction of sp³-hybridized carbons (Fsp3) is 0.471. The van der Waals surface area contributed by atoms with E-state index in [4.69, 9.17) is 4.52 Å². The maximum absolute atomic E-state index is 4.96. The third-order valence-corrected chi connectivity index (χ3v) is 3.53. The van der Waals surface area contributed by atoms with Crippen molar-refractivity contribution in [1.82, 2.24) is 20.8 Å². The van der Waals surface area contributed by atoms with Crippen LogP contribution < -0.4 is 10.6 Å². The van der Waals surface area contributed by atoms with E-state index < -0.39 is 0 Å². The van der Waals surface area contributed by atoms with Crippen LogP contribution in [0, 0.1) is 6.92 Å². The van der Waals surface area contributed by atoms with Crippen molar-refractivity contribution >= 4 is 29.9 Å². The summed E-state index contributed by atoms with van der Waals surface area (Å²) >= 11 is 0. The van der Waals surface area contributed by atoms with E-state index in [9.17, 15) is 0 Å². The van der Waals surface area contributed by atoms with Gasteiger partial charge in [-0.3, -0.25) is 0 Å². The Bertz CT molecular complexity index is 639. The highest BCUT2D eigenvalue weighted by atomic mass is 127. The molecule has 2 aromatic rings. The van der Waals surface area contributed by atoms with Crippen molar-refractivity contribution in [3.05, 3.63) is 47.1 Å². The fourth-order valence-corrected chi connectivity index (χ4v) is 2.21. The average Bonchev–Trinajstić information content (AvgIpc) is 2.98. The standard InChI is InChI=1S/C17H25N5O.HI/c1-5-14-7-9-15(10-8-14)12(3)20-17(18-6-2)19-11-16-21-13(4)23-22-16;/h7-10,12H,5-6,11H2,1-4H3,(H2,18,19,20);1H. The number of nitrogens with zero attached hydrogens (tertiary/aromatic N) is 3. The van der Waals surface area contributed by atoms with Gasteiger partial charge in [-0.05, 0) is 31.4 Å². The molecule has 1 heterocycles. The van der Waals surface area contributed by atoms with Crippen LogP contribution in [0.3, 0.4) is 0 Å². The van der Waals surface area contributed by atoms with Crippen molar-refractivity contribution in [2.24, 2.45) is 4.99 Å². The Labute approximate surface area is 160 Å². The van der Waals surface area contributed by atoms with E-state index in [1.165, 1.54) is 11.1 Å². The average molecular weight is 443 g/mol. The van der Waals surface area contributed by atoms with E-state index in [0.29, 0.717) is 18.3 Å². The zero-order chi connectivity index (χ0) is 16.7. The zero-order valence-electron chi connectivity index (χ0n) is 14.7. The maximum Gasteiger partial charge on any atom is 0.223 e. The van der Waals surface area contributed by atoms with Crippen LogP contribution >= 0.6 is 24.0 Å². The van der Waals surface area contributed by atoms with Crippen molar-refractivity contribution in [2.75, 3.05) is 6.54 Å². The van der Waals surface area contributed by atoms with Gasteiger partial charge in [0.2, 0.25) is 5.89 Å². The Morgan fingerprint density at radius 2 is 1.96 bits per heavy atom. The van der Waals surface area contributed by atoms with Gasteiger partial charge in [0.25, 0.3) is 0 Å². The van der Waals surface area contributed by atoms with Crippen molar-refractivity contribution < 1.29 is 4.52 Å². The quantitative estimate of drug-likeness (QED) is 0.407. The monoisotopic (exact) mass is 443 g/mol. The number of nitrogens with one attached hydrogen (secondary N) is 2. The minimum atomic E-state index is 0. The number of hydrogen-bond acceptors (Lipinski definition) is 4. The summed E-state index contributed by atoms with van der Waals surface area (Å²) in [6.45, 7) is 9.26. The van der Waals surface area contributed by atoms with E-state index in [0.717, 1.165) is 18.9 Å². The summed E-state index contributed by atoms with van der Waals surface area (Å²) in [5, 5.41) is 10.5. The van der Waals surface area contributed by atoms with Crippen LogP contribution in [0.1, 0.15) is 49.7 Å². The molecule has 6 nitrogen and oxygen atoms in total. The van der Waals surface area contributed by atoms with Gasteiger partial charge < -0.3 is 15.2 Å². The molecule has 0 spiro atoms. The highest BCUT2D eigenvalue weighted by Gasteiger charge is 2.08. The summed E-state index contributed by atoms with van der Waals surface area (Å²) in [7, 11) is 0. The lowest BCUT2D eigenvalue weighted by atomic mass is 10.1. The summed E-state index contributed by atoms with van der Waals surface area (Å²) in [5.74, 6) is 1.87. The van der Waals surface area contributed by atoms with Gasteiger partial charge in [0.1, 0.15) is 6.54 Å². The van der Waals surface area contributed by atoms with E-state index in [1.54, 1.807) is 6.92 Å². The third kappa shape index (κ3) is 6.10. The molecular weight excluding hydrogens is 417 g/mol. The van der Waals surface area contributed by atoms with E-state index >= 15 is 0 Å². The van der Waals surface area contributed by atoms with Gasteiger partial charge in [-0.25, -0.2) is 4.99 Å². The van der Waals surface area contributed by atoms with Crippen LogP contribution in [0.15, 0.2) is 33.8 Å². The van der Waals surface area contributed by atoms with E-state index in [1.807, 2.05) is 6.92 Å². The van der Waals surface area contributed by atoms with Gasteiger partial charge >= 0.3 is 0 Å². The van der Waals surface area contributed by atoms with Crippen LogP contribution in [0.4, 0.5) is 0 Å². The number of aliphatic imine (C=N–C) groups is 1. The van der Waals surface area contributed by atoms with Crippen molar-refractivity contribution in [3.63, 3.8) is 0 Å². The number of hydrogen-bond donors (Lipinski definition) is 2. The summed E-state index contributed by atoms with van der Waals surface area (Å²) in [4.78, 5) is 8.66. The summed E-state index contributed by atoms with van der Waals surface area (Å²) in [6.07, 6.45) is 1.05. The topological polar surface area (TPSA) is 75.3 Å². The first-order chi connectivity index (χ1) is 11.1. The van der Waals surface area contributed by atoms with Gasteiger partial charge in [-0.15, -0.1) is 24.0 Å². The summed E-state index contributed by atoms with van der Waals surface area (Å²) in [6, 6.07) is 8.80. The molecule has 0 amide bonds. The predicted molar refractivity (Wildman–Crippen MR) is 107 cm³/mol. The molecule has 2 rings (SSSR count). The number of guanidine groups is 1. The molecule has 0 radical (unpaired) electrons. The Kier molecular flexibility index (Phi) is 8.73. The van der Waals surface area contributed by atoms with E-state index in [-0.39, 0.29) is 30.0 Å². The molecule has 0 aliphatic heterocycles. The highest BCUT2D eigenvalue weighted by Crippen LogP contribution is 2.13. The maximum atomic E-state index is 4.96. The lowest BCUT2D eigenvalue weighted by molar-refractivity contribution is 0.387. The van der Waals surface area contributed by atoms with E-state index in [2.05, 4.69) is 63.9 Å². The van der Waals surface area contributed by atoms with Crippen LogP contribution in [0.25, 0.3) is 0 Å². The first kappa shape index (κ1) is 20.4. The van der Waals surface area contributed by atoms with Crippen molar-refractivity contribution in [3.8, 4) is 0 Å². The zero-order valence-corrected chi connectivity index (χ0v) is 17.0. The fourth-order valence-electron chi connectivity index (χ4n) is 2.21. The van der Waals surface area contributed by atoms with Crippen LogP contribution in [-0.4, -0.2) is 22.6 Å². The number of rotatable bonds is 6. The molecule has 2 N–H and O–H groups in total. The smallest absolute Gasteiger partial charge is 0.223 e. The second kappa shape index (κ2) is 10.3. The highest BCUT2D eigenvalue weighted by molar-refractivity contribution is 14.0.